The molecule has 1 N–H and O–H groups in total. The monoisotopic (exact) mass is 365 g/mol. The molecule has 0 aliphatic rings. The fraction of sp³-hybridized carbons (Fsp3) is 0.333. The molecule has 0 unspecified atom stereocenters. The van der Waals surface area contributed by atoms with Gasteiger partial charge >= 0.3 is 0 Å². The number of benzene rings is 2. The van der Waals surface area contributed by atoms with Crippen LogP contribution in [0.25, 0.3) is 0 Å². The highest BCUT2D eigenvalue weighted by molar-refractivity contribution is 7.92. The Balaban J connectivity index is 1.95. The molecule has 0 spiro atoms. The molecule has 0 bridgehead atoms. The van der Waals surface area contributed by atoms with Crippen LogP contribution in [-0.4, -0.2) is 35.0 Å². The Kier molecular flexibility index (Phi) is 6.52. The van der Waals surface area contributed by atoms with E-state index < -0.39 is 10.0 Å². The van der Waals surface area contributed by atoms with E-state index in [9.17, 15) is 8.42 Å². The predicted octanol–water partition coefficient (Wildman–Crippen LogP) is 3.09. The maximum atomic E-state index is 12.2. The van der Waals surface area contributed by atoms with Gasteiger partial charge in [-0.25, -0.2) is 8.42 Å². The standard InChI is InChI=1S/C18H23NO5S/c1-4-14-5-7-15(8-6-14)24-11-12-25(20,21)19-17-10-9-16(22-2)13-18(17)23-3/h5-10,13,19H,4,11-12H2,1-3H3. The minimum Gasteiger partial charge on any atom is -0.497 e. The number of ether oxygens (including phenoxy) is 3. The number of anilines is 1. The molecule has 0 saturated carbocycles. The number of hydrogen-bond donors (Lipinski definition) is 1. The van der Waals surface area contributed by atoms with E-state index in [4.69, 9.17) is 14.2 Å². The number of rotatable bonds is 9. The molecule has 0 aliphatic carbocycles. The number of nitrogens with one attached hydrogen (secondary N) is 1. The Morgan fingerprint density at radius 3 is 2.24 bits per heavy atom. The lowest BCUT2D eigenvalue weighted by Crippen LogP contribution is -2.21. The zero-order chi connectivity index (χ0) is 18.3. The van der Waals surface area contributed by atoms with Crippen molar-refractivity contribution in [2.75, 3.05) is 31.3 Å². The molecular formula is C18H23NO5S. The molecule has 2 rings (SSSR count). The van der Waals surface area contributed by atoms with Crippen molar-refractivity contribution in [1.29, 1.82) is 0 Å². The summed E-state index contributed by atoms with van der Waals surface area (Å²) in [6, 6.07) is 12.5. The molecular weight excluding hydrogens is 342 g/mol. The highest BCUT2D eigenvalue weighted by atomic mass is 32.2. The summed E-state index contributed by atoms with van der Waals surface area (Å²) in [6.07, 6.45) is 0.947. The largest absolute Gasteiger partial charge is 0.497 e. The van der Waals surface area contributed by atoms with Crippen molar-refractivity contribution in [3.8, 4) is 17.2 Å². The molecule has 25 heavy (non-hydrogen) atoms. The Morgan fingerprint density at radius 2 is 1.64 bits per heavy atom. The van der Waals surface area contributed by atoms with E-state index >= 15 is 0 Å². The minimum absolute atomic E-state index is 0.0548. The van der Waals surface area contributed by atoms with E-state index in [0.29, 0.717) is 22.9 Å². The van der Waals surface area contributed by atoms with Gasteiger partial charge in [0, 0.05) is 6.07 Å². The number of methoxy groups -OCH3 is 2. The van der Waals surface area contributed by atoms with E-state index in [1.165, 1.54) is 19.8 Å². The van der Waals surface area contributed by atoms with Gasteiger partial charge in [-0.15, -0.1) is 0 Å². The van der Waals surface area contributed by atoms with Gasteiger partial charge in [0.05, 0.1) is 19.9 Å². The minimum atomic E-state index is -3.57. The first-order valence-electron chi connectivity index (χ1n) is 7.91. The number of aryl methyl sites for hydroxylation is 1. The maximum absolute atomic E-state index is 12.2. The Labute approximate surface area is 148 Å². The zero-order valence-corrected chi connectivity index (χ0v) is 15.4. The average molecular weight is 365 g/mol. The fourth-order valence-electron chi connectivity index (χ4n) is 2.19. The molecule has 0 heterocycles. The van der Waals surface area contributed by atoms with Crippen molar-refractivity contribution in [3.05, 3.63) is 48.0 Å². The second kappa shape index (κ2) is 8.62. The highest BCUT2D eigenvalue weighted by Gasteiger charge is 2.14. The van der Waals surface area contributed by atoms with Gasteiger partial charge in [0.1, 0.15) is 29.6 Å². The number of sulfonamides is 1. The smallest absolute Gasteiger partial charge is 0.236 e. The summed E-state index contributed by atoms with van der Waals surface area (Å²) < 4.78 is 42.8. The van der Waals surface area contributed by atoms with E-state index in [1.807, 2.05) is 24.3 Å². The molecule has 0 radical (unpaired) electrons. The first-order chi connectivity index (χ1) is 12.0. The van der Waals surface area contributed by atoms with Gasteiger partial charge in [-0.2, -0.15) is 0 Å². The second-order valence-corrected chi connectivity index (χ2v) is 7.17. The predicted molar refractivity (Wildman–Crippen MR) is 98.3 cm³/mol. The summed E-state index contributed by atoms with van der Waals surface area (Å²) in [4.78, 5) is 0. The number of hydrogen-bond acceptors (Lipinski definition) is 5. The fourth-order valence-corrected chi connectivity index (χ4v) is 3.10. The molecule has 0 amide bonds. The SMILES string of the molecule is CCc1ccc(OCCS(=O)(=O)Nc2ccc(OC)cc2OC)cc1. The average Bonchev–Trinajstić information content (AvgIpc) is 2.62. The molecule has 0 fully saturated rings. The summed E-state index contributed by atoms with van der Waals surface area (Å²) in [5.41, 5.74) is 1.56. The van der Waals surface area contributed by atoms with Crippen LogP contribution in [0.15, 0.2) is 42.5 Å². The maximum Gasteiger partial charge on any atom is 0.236 e. The Hall–Kier alpha value is -2.41. The van der Waals surface area contributed by atoms with Crippen LogP contribution in [0.1, 0.15) is 12.5 Å². The summed E-state index contributed by atoms with van der Waals surface area (Å²) in [5, 5.41) is 0. The van der Waals surface area contributed by atoms with E-state index in [1.54, 1.807) is 18.2 Å². The Bertz CT molecular complexity index is 788. The van der Waals surface area contributed by atoms with Crippen molar-refractivity contribution in [2.45, 2.75) is 13.3 Å². The van der Waals surface area contributed by atoms with Crippen molar-refractivity contribution in [2.24, 2.45) is 0 Å². The topological polar surface area (TPSA) is 73.9 Å². The van der Waals surface area contributed by atoms with Crippen LogP contribution in [0.4, 0.5) is 5.69 Å². The molecule has 0 aliphatic heterocycles. The van der Waals surface area contributed by atoms with Crippen LogP contribution < -0.4 is 18.9 Å². The van der Waals surface area contributed by atoms with Gasteiger partial charge in [0.25, 0.3) is 0 Å². The lowest BCUT2D eigenvalue weighted by atomic mass is 10.2. The van der Waals surface area contributed by atoms with Crippen LogP contribution in [0.3, 0.4) is 0 Å². The van der Waals surface area contributed by atoms with Crippen molar-refractivity contribution < 1.29 is 22.6 Å². The van der Waals surface area contributed by atoms with Crippen molar-refractivity contribution >= 4 is 15.7 Å². The van der Waals surface area contributed by atoms with Crippen LogP contribution in [0.2, 0.25) is 0 Å². The molecule has 2 aromatic carbocycles. The van der Waals surface area contributed by atoms with Gasteiger partial charge in [-0.1, -0.05) is 19.1 Å². The molecule has 6 nitrogen and oxygen atoms in total. The molecule has 2 aromatic rings. The molecule has 136 valence electrons. The first kappa shape index (κ1) is 18.9. The quantitative estimate of drug-likeness (QED) is 0.739. The van der Waals surface area contributed by atoms with Crippen LogP contribution >= 0.6 is 0 Å². The van der Waals surface area contributed by atoms with Gasteiger partial charge < -0.3 is 14.2 Å². The van der Waals surface area contributed by atoms with Gasteiger partial charge in [-0.05, 0) is 36.2 Å². The van der Waals surface area contributed by atoms with Gasteiger partial charge in [0.15, 0.2) is 0 Å². The summed E-state index contributed by atoms with van der Waals surface area (Å²) in [7, 11) is -0.567. The molecule has 0 aromatic heterocycles. The summed E-state index contributed by atoms with van der Waals surface area (Å²) >= 11 is 0. The third kappa shape index (κ3) is 5.56. The second-order valence-electron chi connectivity index (χ2n) is 5.33. The highest BCUT2D eigenvalue weighted by Crippen LogP contribution is 2.29. The lowest BCUT2D eigenvalue weighted by molar-refractivity contribution is 0.341. The van der Waals surface area contributed by atoms with Gasteiger partial charge in [-0.3, -0.25) is 4.72 Å². The van der Waals surface area contributed by atoms with E-state index in [2.05, 4.69) is 11.6 Å². The van der Waals surface area contributed by atoms with Crippen LogP contribution in [-0.2, 0) is 16.4 Å². The lowest BCUT2D eigenvalue weighted by Gasteiger charge is -2.13. The van der Waals surface area contributed by atoms with Crippen LogP contribution in [0.5, 0.6) is 17.2 Å². The Morgan fingerprint density at radius 1 is 0.960 bits per heavy atom. The molecule has 0 atom stereocenters. The summed E-state index contributed by atoms with van der Waals surface area (Å²) in [5.74, 6) is 1.45. The zero-order valence-electron chi connectivity index (χ0n) is 14.6. The first-order valence-corrected chi connectivity index (χ1v) is 9.57. The van der Waals surface area contributed by atoms with Gasteiger partial charge in [0.2, 0.25) is 10.0 Å². The van der Waals surface area contributed by atoms with E-state index in [0.717, 1.165) is 6.42 Å². The molecule has 7 heteroatoms. The summed E-state index contributed by atoms with van der Waals surface area (Å²) in [6.45, 7) is 2.13. The van der Waals surface area contributed by atoms with Crippen LogP contribution in [0, 0.1) is 0 Å². The molecule has 0 saturated heterocycles. The van der Waals surface area contributed by atoms with Crippen molar-refractivity contribution in [3.63, 3.8) is 0 Å². The third-order valence-corrected chi connectivity index (χ3v) is 4.86. The van der Waals surface area contributed by atoms with E-state index in [-0.39, 0.29) is 12.4 Å². The van der Waals surface area contributed by atoms with Crippen molar-refractivity contribution in [1.82, 2.24) is 0 Å². The third-order valence-electron chi connectivity index (χ3n) is 3.63. The normalized spacial score (nSPS) is 11.0.